The van der Waals surface area contributed by atoms with Gasteiger partial charge in [-0.1, -0.05) is 12.1 Å². The molecule has 0 spiro atoms. The maximum atomic E-state index is 4.48. The Morgan fingerprint density at radius 3 is 2.67 bits per heavy atom. The molecule has 0 aliphatic heterocycles. The van der Waals surface area contributed by atoms with Crippen molar-refractivity contribution in [2.24, 2.45) is 0 Å². The van der Waals surface area contributed by atoms with Gasteiger partial charge in [0.1, 0.15) is 11.6 Å². The smallest absolute Gasteiger partial charge is 0.132 e. The van der Waals surface area contributed by atoms with E-state index in [-0.39, 0.29) is 0 Å². The molecule has 94 valence electrons. The lowest BCUT2D eigenvalue weighted by Crippen LogP contribution is -2.01. The molecule has 0 saturated heterocycles. The quantitative estimate of drug-likeness (QED) is 0.883. The molecule has 0 bridgehead atoms. The summed E-state index contributed by atoms with van der Waals surface area (Å²) >= 11 is 3.55. The molecule has 2 rings (SSSR count). The first-order valence-electron chi connectivity index (χ1n) is 5.93. The van der Waals surface area contributed by atoms with Crippen molar-refractivity contribution in [3.05, 3.63) is 46.4 Å². The van der Waals surface area contributed by atoms with Gasteiger partial charge in [-0.2, -0.15) is 0 Å². The van der Waals surface area contributed by atoms with Gasteiger partial charge in [0.15, 0.2) is 0 Å². The number of hydrogen-bond donors (Lipinski definition) is 2. The molecule has 0 amide bonds. The van der Waals surface area contributed by atoms with Gasteiger partial charge in [-0.15, -0.1) is 0 Å². The summed E-state index contributed by atoms with van der Waals surface area (Å²) < 4.78 is 1.04. The van der Waals surface area contributed by atoms with Crippen LogP contribution in [0.15, 0.2) is 40.9 Å². The van der Waals surface area contributed by atoms with E-state index < -0.39 is 0 Å². The first-order chi connectivity index (χ1) is 8.69. The average molecular weight is 306 g/mol. The number of hydrogen-bond acceptors (Lipinski definition) is 3. The van der Waals surface area contributed by atoms with E-state index in [4.69, 9.17) is 0 Å². The molecule has 2 aromatic rings. The zero-order valence-corrected chi connectivity index (χ0v) is 12.1. The van der Waals surface area contributed by atoms with E-state index in [1.807, 2.05) is 24.3 Å². The van der Waals surface area contributed by atoms with Crippen LogP contribution >= 0.6 is 15.9 Å². The summed E-state index contributed by atoms with van der Waals surface area (Å²) in [5.41, 5.74) is 2.24. The van der Waals surface area contributed by atoms with Gasteiger partial charge in [-0.25, -0.2) is 4.98 Å². The van der Waals surface area contributed by atoms with Crippen LogP contribution in [0.25, 0.3) is 0 Å². The van der Waals surface area contributed by atoms with Crippen molar-refractivity contribution in [1.29, 1.82) is 0 Å². The minimum Gasteiger partial charge on any atom is -0.370 e. The van der Waals surface area contributed by atoms with E-state index >= 15 is 0 Å². The fourth-order valence-corrected chi connectivity index (χ4v) is 2.24. The second-order valence-corrected chi connectivity index (χ2v) is 4.90. The minimum atomic E-state index is 0.831. The summed E-state index contributed by atoms with van der Waals surface area (Å²) in [6.45, 7) is 4.99. The Kier molecular flexibility index (Phi) is 4.20. The minimum absolute atomic E-state index is 0.831. The van der Waals surface area contributed by atoms with Crippen molar-refractivity contribution in [2.75, 3.05) is 17.2 Å². The molecule has 0 saturated carbocycles. The first-order valence-corrected chi connectivity index (χ1v) is 6.72. The molecular weight excluding hydrogens is 290 g/mol. The lowest BCUT2D eigenvalue weighted by molar-refractivity contribution is 1.16. The third kappa shape index (κ3) is 3.23. The summed E-state index contributed by atoms with van der Waals surface area (Å²) in [7, 11) is 0. The molecule has 0 aliphatic carbocycles. The molecule has 1 heterocycles. The highest BCUT2D eigenvalue weighted by Gasteiger charge is 2.02. The molecular formula is C14H16BrN3. The standard InChI is InChI=1S/C14H16BrN3/c1-3-16-13-5-4-6-14(18-13)17-12-8-7-10(2)9-11(12)15/h4-9H,3H2,1-2H3,(H2,16,17,18). The molecule has 18 heavy (non-hydrogen) atoms. The fraction of sp³-hybridized carbons (Fsp3) is 0.214. The summed E-state index contributed by atoms with van der Waals surface area (Å²) in [5.74, 6) is 1.71. The highest BCUT2D eigenvalue weighted by Crippen LogP contribution is 2.26. The Morgan fingerprint density at radius 1 is 1.17 bits per heavy atom. The lowest BCUT2D eigenvalue weighted by atomic mass is 10.2. The van der Waals surface area contributed by atoms with Crippen molar-refractivity contribution in [3.8, 4) is 0 Å². The van der Waals surface area contributed by atoms with Crippen LogP contribution in [-0.2, 0) is 0 Å². The predicted molar refractivity (Wildman–Crippen MR) is 80.6 cm³/mol. The zero-order chi connectivity index (χ0) is 13.0. The van der Waals surface area contributed by atoms with E-state index in [0.717, 1.165) is 28.3 Å². The van der Waals surface area contributed by atoms with Crippen molar-refractivity contribution < 1.29 is 0 Å². The van der Waals surface area contributed by atoms with Gasteiger partial charge in [0.25, 0.3) is 0 Å². The van der Waals surface area contributed by atoms with Crippen molar-refractivity contribution >= 4 is 33.3 Å². The second-order valence-electron chi connectivity index (χ2n) is 4.05. The van der Waals surface area contributed by atoms with Crippen LogP contribution in [0.5, 0.6) is 0 Å². The number of aryl methyl sites for hydroxylation is 1. The molecule has 1 aromatic heterocycles. The highest BCUT2D eigenvalue weighted by atomic mass is 79.9. The maximum Gasteiger partial charge on any atom is 0.132 e. The van der Waals surface area contributed by atoms with Crippen LogP contribution in [-0.4, -0.2) is 11.5 Å². The van der Waals surface area contributed by atoms with Gasteiger partial charge >= 0.3 is 0 Å². The Labute approximate surface area is 116 Å². The van der Waals surface area contributed by atoms with Gasteiger partial charge < -0.3 is 10.6 Å². The van der Waals surface area contributed by atoms with Crippen LogP contribution in [0, 0.1) is 6.92 Å². The monoisotopic (exact) mass is 305 g/mol. The normalized spacial score (nSPS) is 10.2. The van der Waals surface area contributed by atoms with Gasteiger partial charge in [0, 0.05) is 11.0 Å². The van der Waals surface area contributed by atoms with Gasteiger partial charge in [0.05, 0.1) is 5.69 Å². The van der Waals surface area contributed by atoms with Gasteiger partial charge in [-0.05, 0) is 59.6 Å². The van der Waals surface area contributed by atoms with Crippen LogP contribution in [0.3, 0.4) is 0 Å². The molecule has 0 unspecified atom stereocenters. The second kappa shape index (κ2) is 5.87. The Balaban J connectivity index is 2.20. The summed E-state index contributed by atoms with van der Waals surface area (Å²) in [6, 6.07) is 12.1. The molecule has 2 N–H and O–H groups in total. The van der Waals surface area contributed by atoms with Gasteiger partial charge in [0.2, 0.25) is 0 Å². The van der Waals surface area contributed by atoms with E-state index in [1.165, 1.54) is 5.56 Å². The Hall–Kier alpha value is -1.55. The zero-order valence-electron chi connectivity index (χ0n) is 10.5. The lowest BCUT2D eigenvalue weighted by Gasteiger charge is -2.10. The summed E-state index contributed by atoms with van der Waals surface area (Å²) in [5, 5.41) is 6.49. The molecule has 0 fully saturated rings. The average Bonchev–Trinajstić information content (AvgIpc) is 2.34. The maximum absolute atomic E-state index is 4.48. The number of benzene rings is 1. The van der Waals surface area contributed by atoms with Crippen LogP contribution in [0.2, 0.25) is 0 Å². The van der Waals surface area contributed by atoms with E-state index in [1.54, 1.807) is 0 Å². The molecule has 0 aliphatic rings. The third-order valence-electron chi connectivity index (χ3n) is 2.49. The third-order valence-corrected chi connectivity index (χ3v) is 3.15. The summed E-state index contributed by atoms with van der Waals surface area (Å²) in [4.78, 5) is 4.48. The number of pyridine rings is 1. The summed E-state index contributed by atoms with van der Waals surface area (Å²) in [6.07, 6.45) is 0. The number of rotatable bonds is 4. The van der Waals surface area contributed by atoms with Crippen LogP contribution in [0.1, 0.15) is 12.5 Å². The molecule has 4 heteroatoms. The molecule has 0 radical (unpaired) electrons. The number of nitrogens with zero attached hydrogens (tertiary/aromatic N) is 1. The van der Waals surface area contributed by atoms with Crippen molar-refractivity contribution in [3.63, 3.8) is 0 Å². The van der Waals surface area contributed by atoms with E-state index in [0.29, 0.717) is 0 Å². The molecule has 1 aromatic carbocycles. The molecule has 3 nitrogen and oxygen atoms in total. The fourth-order valence-electron chi connectivity index (χ4n) is 1.64. The van der Waals surface area contributed by atoms with Crippen molar-refractivity contribution in [1.82, 2.24) is 4.98 Å². The molecule has 0 atom stereocenters. The topological polar surface area (TPSA) is 37.0 Å². The number of anilines is 3. The number of halogens is 1. The number of nitrogens with one attached hydrogen (secondary N) is 2. The Morgan fingerprint density at radius 2 is 1.94 bits per heavy atom. The van der Waals surface area contributed by atoms with Gasteiger partial charge in [-0.3, -0.25) is 0 Å². The van der Waals surface area contributed by atoms with Crippen LogP contribution in [0.4, 0.5) is 17.3 Å². The Bertz CT molecular complexity index is 540. The largest absolute Gasteiger partial charge is 0.370 e. The van der Waals surface area contributed by atoms with Crippen molar-refractivity contribution in [2.45, 2.75) is 13.8 Å². The SMILES string of the molecule is CCNc1cccc(Nc2ccc(C)cc2Br)n1. The van der Waals surface area contributed by atoms with E-state index in [2.05, 4.69) is 57.5 Å². The highest BCUT2D eigenvalue weighted by molar-refractivity contribution is 9.10. The predicted octanol–water partition coefficient (Wildman–Crippen LogP) is 4.33. The first kappa shape index (κ1) is 12.9. The number of aromatic nitrogens is 1. The van der Waals surface area contributed by atoms with Crippen LogP contribution < -0.4 is 10.6 Å². The van der Waals surface area contributed by atoms with E-state index in [9.17, 15) is 0 Å².